The number of phenols is 1. The van der Waals surface area contributed by atoms with Crippen LogP contribution in [0.4, 0.5) is 4.79 Å². The van der Waals surface area contributed by atoms with Gasteiger partial charge in [0.25, 0.3) is 0 Å². The van der Waals surface area contributed by atoms with E-state index in [4.69, 9.17) is 4.74 Å². The zero-order valence-corrected chi connectivity index (χ0v) is 23.7. The molecule has 0 bridgehead atoms. The largest absolute Gasteiger partial charge is 0.508 e. The summed E-state index contributed by atoms with van der Waals surface area (Å²) in [7, 11) is 0. The first kappa shape index (κ1) is 31.6. The van der Waals surface area contributed by atoms with Gasteiger partial charge in [-0.1, -0.05) is 38.8 Å². The number of thioether (sulfide) groups is 1. The number of unbranched alkanes of at least 4 members (excludes halogenated alkanes) is 2. The predicted octanol–water partition coefficient (Wildman–Crippen LogP) is 5.01. The van der Waals surface area contributed by atoms with Crippen molar-refractivity contribution in [3.63, 3.8) is 0 Å². The molecular weight excluding hydrogens is 478 g/mol. The van der Waals surface area contributed by atoms with Crippen LogP contribution in [0.2, 0.25) is 0 Å². The summed E-state index contributed by atoms with van der Waals surface area (Å²) in [5.74, 6) is -0.0215. The van der Waals surface area contributed by atoms with E-state index in [2.05, 4.69) is 17.6 Å². The topological polar surface area (TPSA) is 108 Å². The van der Waals surface area contributed by atoms with E-state index >= 15 is 0 Å². The van der Waals surface area contributed by atoms with E-state index in [9.17, 15) is 19.5 Å². The van der Waals surface area contributed by atoms with E-state index < -0.39 is 23.8 Å². The first-order valence-electron chi connectivity index (χ1n) is 12.8. The molecule has 3 unspecified atom stereocenters. The number of carbonyl (C=O) groups is 3. The second-order valence-electron chi connectivity index (χ2n) is 9.98. The summed E-state index contributed by atoms with van der Waals surface area (Å²) in [5, 5.41) is 15.9. The second-order valence-corrected chi connectivity index (χ2v) is 11.0. The van der Waals surface area contributed by atoms with Crippen molar-refractivity contribution >= 4 is 29.7 Å². The van der Waals surface area contributed by atoms with Crippen LogP contribution < -0.4 is 10.6 Å². The van der Waals surface area contributed by atoms with Crippen molar-refractivity contribution in [2.75, 3.05) is 18.6 Å². The molecule has 0 saturated heterocycles. The Balaban J connectivity index is 3.42. The minimum atomic E-state index is -0.960. The summed E-state index contributed by atoms with van der Waals surface area (Å²) in [4.78, 5) is 41.7. The van der Waals surface area contributed by atoms with Gasteiger partial charge in [0.1, 0.15) is 23.4 Å². The van der Waals surface area contributed by atoms with Crippen molar-refractivity contribution in [1.29, 1.82) is 0 Å². The van der Waals surface area contributed by atoms with Gasteiger partial charge >= 0.3 is 6.09 Å². The zero-order chi connectivity index (χ0) is 27.3. The maximum Gasteiger partial charge on any atom is 0.408 e. The lowest BCUT2D eigenvalue weighted by Gasteiger charge is -2.38. The van der Waals surface area contributed by atoms with Crippen molar-refractivity contribution in [2.45, 2.75) is 97.4 Å². The summed E-state index contributed by atoms with van der Waals surface area (Å²) >= 11 is 1.57. The van der Waals surface area contributed by atoms with Crippen LogP contribution in [-0.4, -0.2) is 64.2 Å². The molecule has 0 heterocycles. The predicted molar refractivity (Wildman–Crippen MR) is 146 cm³/mol. The molecule has 3 atom stereocenters. The number of hydrogen-bond acceptors (Lipinski definition) is 6. The highest BCUT2D eigenvalue weighted by Crippen LogP contribution is 2.28. The van der Waals surface area contributed by atoms with Crippen molar-refractivity contribution in [2.24, 2.45) is 0 Å². The van der Waals surface area contributed by atoms with Crippen LogP contribution >= 0.6 is 11.8 Å². The molecule has 0 aliphatic carbocycles. The number of amides is 3. The van der Waals surface area contributed by atoms with Gasteiger partial charge in [-0.15, -0.1) is 0 Å². The van der Waals surface area contributed by atoms with E-state index in [-0.39, 0.29) is 23.6 Å². The van der Waals surface area contributed by atoms with Crippen molar-refractivity contribution in [3.05, 3.63) is 29.8 Å². The highest BCUT2D eigenvalue weighted by Gasteiger charge is 2.38. The molecule has 0 aliphatic heterocycles. The first-order valence-corrected chi connectivity index (χ1v) is 14.2. The van der Waals surface area contributed by atoms with Crippen LogP contribution in [0.3, 0.4) is 0 Å². The van der Waals surface area contributed by atoms with E-state index in [0.717, 1.165) is 19.3 Å². The van der Waals surface area contributed by atoms with Crippen LogP contribution in [0.1, 0.15) is 85.3 Å². The number of carbonyl (C=O) groups excluding carboxylic acids is 3. The van der Waals surface area contributed by atoms with E-state index in [1.807, 2.05) is 20.1 Å². The number of nitrogens with one attached hydrogen (secondary N) is 2. The Morgan fingerprint density at radius 1 is 1.17 bits per heavy atom. The summed E-state index contributed by atoms with van der Waals surface area (Å²) in [6, 6.07) is 4.30. The molecule has 1 aromatic rings. The molecule has 0 saturated carbocycles. The second kappa shape index (κ2) is 15.6. The number of ether oxygens (including phenoxy) is 1. The Morgan fingerprint density at radius 3 is 2.42 bits per heavy atom. The van der Waals surface area contributed by atoms with E-state index in [0.29, 0.717) is 30.7 Å². The molecule has 36 heavy (non-hydrogen) atoms. The van der Waals surface area contributed by atoms with Gasteiger partial charge in [0.2, 0.25) is 11.8 Å². The molecule has 8 nitrogen and oxygen atoms in total. The number of alkyl carbamates (subject to hydrolysis) is 1. The number of hydrogen-bond donors (Lipinski definition) is 3. The number of phenolic OH excluding ortho intramolecular Hbond substituents is 1. The minimum Gasteiger partial charge on any atom is -0.508 e. The molecule has 1 aromatic carbocycles. The van der Waals surface area contributed by atoms with Crippen molar-refractivity contribution < 1.29 is 24.2 Å². The number of benzene rings is 1. The highest BCUT2D eigenvalue weighted by molar-refractivity contribution is 7.98. The number of rotatable bonds is 14. The molecule has 0 fully saturated rings. The average molecular weight is 524 g/mol. The van der Waals surface area contributed by atoms with Crippen molar-refractivity contribution in [1.82, 2.24) is 15.5 Å². The van der Waals surface area contributed by atoms with Crippen molar-refractivity contribution in [3.8, 4) is 5.75 Å². The lowest BCUT2D eigenvalue weighted by Crippen LogP contribution is -2.55. The normalized spacial score (nSPS) is 13.9. The Labute approximate surface area is 220 Å². The molecule has 1 rings (SSSR count). The lowest BCUT2D eigenvalue weighted by molar-refractivity contribution is -0.145. The Hall–Kier alpha value is -2.42. The summed E-state index contributed by atoms with van der Waals surface area (Å²) in [6.07, 6.45) is 5.09. The highest BCUT2D eigenvalue weighted by atomic mass is 32.2. The van der Waals surface area contributed by atoms with Gasteiger partial charge in [-0.3, -0.25) is 9.59 Å². The fraction of sp³-hybridized carbons (Fsp3) is 0.667. The maximum absolute atomic E-state index is 14.0. The van der Waals surface area contributed by atoms with Crippen LogP contribution in [0.25, 0.3) is 0 Å². The fourth-order valence-corrected chi connectivity index (χ4v) is 4.21. The van der Waals surface area contributed by atoms with Gasteiger partial charge in [0.05, 0.1) is 0 Å². The minimum absolute atomic E-state index is 0.0126. The smallest absolute Gasteiger partial charge is 0.408 e. The van der Waals surface area contributed by atoms with Crippen LogP contribution in [0.5, 0.6) is 5.75 Å². The van der Waals surface area contributed by atoms with Crippen LogP contribution in [0, 0.1) is 0 Å². The van der Waals surface area contributed by atoms with Gasteiger partial charge in [-0.2, -0.15) is 11.8 Å². The monoisotopic (exact) mass is 523 g/mol. The molecule has 0 spiro atoms. The fourth-order valence-electron chi connectivity index (χ4n) is 3.73. The molecule has 204 valence electrons. The third kappa shape index (κ3) is 10.7. The zero-order valence-electron chi connectivity index (χ0n) is 22.9. The lowest BCUT2D eigenvalue weighted by atomic mass is 9.99. The Morgan fingerprint density at radius 2 is 1.86 bits per heavy atom. The molecular formula is C27H45N3O5S. The molecule has 3 N–H and O–H groups in total. The van der Waals surface area contributed by atoms with Gasteiger partial charge in [0.15, 0.2) is 0 Å². The van der Waals surface area contributed by atoms with Gasteiger partial charge in [-0.05, 0) is 76.7 Å². The van der Waals surface area contributed by atoms with E-state index in [1.165, 1.54) is 12.1 Å². The Bertz CT molecular complexity index is 843. The first-order chi connectivity index (χ1) is 16.9. The molecule has 3 amide bonds. The van der Waals surface area contributed by atoms with Gasteiger partial charge in [0, 0.05) is 12.6 Å². The molecule has 9 heteroatoms. The standard InChI is InChI=1S/C27H45N3O5S/c1-8-10-11-16-28-24(32)23(20-13-12-14-21(31)18-20)30(19(3)9-2)25(33)22(15-17-36-7)29-26(34)35-27(4,5)6/h12-14,18-19,22-23,31H,8-11,15-17H2,1-7H3,(H,28,32)(H,29,34). The molecule has 0 aliphatic rings. The Kier molecular flexibility index (Phi) is 13.7. The van der Waals surface area contributed by atoms with Crippen LogP contribution in [0.15, 0.2) is 24.3 Å². The summed E-state index contributed by atoms with van der Waals surface area (Å²) in [6.45, 7) is 11.7. The molecule has 0 aromatic heterocycles. The third-order valence-electron chi connectivity index (χ3n) is 5.71. The summed E-state index contributed by atoms with van der Waals surface area (Å²) < 4.78 is 5.41. The number of aromatic hydroxyl groups is 1. The maximum atomic E-state index is 14.0. The van der Waals surface area contributed by atoms with Gasteiger partial charge in [-0.25, -0.2) is 4.79 Å². The summed E-state index contributed by atoms with van der Waals surface area (Å²) in [5.41, 5.74) is -0.201. The van der Waals surface area contributed by atoms with Crippen LogP contribution in [-0.2, 0) is 14.3 Å². The SMILES string of the molecule is CCCCCNC(=O)C(c1cccc(O)c1)N(C(=O)C(CCSC)NC(=O)OC(C)(C)C)C(C)CC. The van der Waals surface area contributed by atoms with E-state index in [1.54, 1.807) is 49.6 Å². The van der Waals surface area contributed by atoms with Gasteiger partial charge < -0.3 is 25.4 Å². The quantitative estimate of drug-likeness (QED) is 0.296. The molecule has 0 radical (unpaired) electrons. The average Bonchev–Trinajstić information content (AvgIpc) is 2.80. The number of nitrogens with zero attached hydrogens (tertiary/aromatic N) is 1. The third-order valence-corrected chi connectivity index (χ3v) is 6.36.